The number of benzene rings is 3. The summed E-state index contributed by atoms with van der Waals surface area (Å²) in [7, 11) is 6.69. The van der Waals surface area contributed by atoms with Gasteiger partial charge in [-0.1, -0.05) is 30.3 Å². The van der Waals surface area contributed by atoms with Crippen LogP contribution >= 0.6 is 0 Å². The van der Waals surface area contributed by atoms with Crippen LogP contribution in [0.1, 0.15) is 22.3 Å². The Labute approximate surface area is 204 Å². The van der Waals surface area contributed by atoms with Crippen molar-refractivity contribution in [2.24, 2.45) is 0 Å². The third kappa shape index (κ3) is 5.06. The van der Waals surface area contributed by atoms with Gasteiger partial charge in [0.05, 0.1) is 38.7 Å². The molecule has 182 valence electrons. The molecule has 0 saturated carbocycles. The SMILES string of the molecule is COc1cc2c(cc1OC)C(Cc1cc(OCc3ccccc3)c(OC)cc1[N+](=O)[O-])=[N+](C)CC2. The minimum atomic E-state index is -0.377. The molecule has 0 spiro atoms. The minimum absolute atomic E-state index is 0.0117. The van der Waals surface area contributed by atoms with Gasteiger partial charge in [-0.3, -0.25) is 10.1 Å². The van der Waals surface area contributed by atoms with Crippen LogP contribution in [0.25, 0.3) is 0 Å². The van der Waals surface area contributed by atoms with Gasteiger partial charge in [0.1, 0.15) is 20.2 Å². The zero-order chi connectivity index (χ0) is 24.9. The van der Waals surface area contributed by atoms with Crippen LogP contribution in [-0.4, -0.2) is 50.1 Å². The summed E-state index contributed by atoms with van der Waals surface area (Å²) in [6, 6.07) is 16.8. The average Bonchev–Trinajstić information content (AvgIpc) is 2.88. The molecule has 0 radical (unpaired) electrons. The molecule has 8 heteroatoms. The molecule has 1 heterocycles. The molecule has 4 rings (SSSR count). The van der Waals surface area contributed by atoms with E-state index in [1.807, 2.05) is 49.5 Å². The highest BCUT2D eigenvalue weighted by Gasteiger charge is 2.29. The van der Waals surface area contributed by atoms with Gasteiger partial charge in [-0.05, 0) is 29.3 Å². The first-order valence-corrected chi connectivity index (χ1v) is 11.3. The van der Waals surface area contributed by atoms with E-state index in [-0.39, 0.29) is 10.6 Å². The van der Waals surface area contributed by atoms with Crippen molar-refractivity contribution in [3.05, 3.63) is 87.0 Å². The van der Waals surface area contributed by atoms with Gasteiger partial charge in [0.2, 0.25) is 0 Å². The second-order valence-corrected chi connectivity index (χ2v) is 8.32. The van der Waals surface area contributed by atoms with E-state index in [0.717, 1.165) is 35.4 Å². The van der Waals surface area contributed by atoms with Crippen LogP contribution in [0.4, 0.5) is 5.69 Å². The third-order valence-corrected chi connectivity index (χ3v) is 6.25. The van der Waals surface area contributed by atoms with Gasteiger partial charge in [0.25, 0.3) is 5.69 Å². The Morgan fingerprint density at radius 3 is 2.23 bits per heavy atom. The molecule has 0 aliphatic carbocycles. The summed E-state index contributed by atoms with van der Waals surface area (Å²) in [5, 5.41) is 12.0. The summed E-state index contributed by atoms with van der Waals surface area (Å²) in [5.74, 6) is 2.08. The van der Waals surface area contributed by atoms with E-state index < -0.39 is 0 Å². The van der Waals surface area contributed by atoms with E-state index in [4.69, 9.17) is 18.9 Å². The monoisotopic (exact) mass is 477 g/mol. The molecule has 0 unspecified atom stereocenters. The molecule has 3 aromatic rings. The normalized spacial score (nSPS) is 12.7. The summed E-state index contributed by atoms with van der Waals surface area (Å²) < 4.78 is 24.6. The topological polar surface area (TPSA) is 83.1 Å². The molecule has 0 amide bonds. The maximum absolute atomic E-state index is 12.0. The first kappa shape index (κ1) is 24.1. The Hall–Kier alpha value is -4.07. The fourth-order valence-electron chi connectivity index (χ4n) is 4.35. The molecule has 8 nitrogen and oxygen atoms in total. The summed E-state index contributed by atoms with van der Waals surface area (Å²) in [6.45, 7) is 1.11. The van der Waals surface area contributed by atoms with Crippen LogP contribution in [0.3, 0.4) is 0 Å². The molecule has 3 aromatic carbocycles. The fraction of sp³-hybridized carbons (Fsp3) is 0.296. The van der Waals surface area contributed by atoms with Gasteiger partial charge >= 0.3 is 0 Å². The molecular weight excluding hydrogens is 448 g/mol. The van der Waals surface area contributed by atoms with Crippen LogP contribution in [0.2, 0.25) is 0 Å². The van der Waals surface area contributed by atoms with Crippen LogP contribution in [0.5, 0.6) is 23.0 Å². The zero-order valence-corrected chi connectivity index (χ0v) is 20.4. The number of hydrogen-bond acceptors (Lipinski definition) is 6. The summed E-state index contributed by atoms with van der Waals surface area (Å²) >= 11 is 0. The van der Waals surface area contributed by atoms with E-state index in [2.05, 4.69) is 4.58 Å². The second kappa shape index (κ2) is 10.5. The number of rotatable bonds is 9. The van der Waals surface area contributed by atoms with Crippen molar-refractivity contribution >= 4 is 11.4 Å². The highest BCUT2D eigenvalue weighted by Crippen LogP contribution is 2.37. The molecule has 1 aliphatic heterocycles. The Morgan fingerprint density at radius 2 is 1.57 bits per heavy atom. The number of hydrogen-bond donors (Lipinski definition) is 0. The van der Waals surface area contributed by atoms with E-state index in [9.17, 15) is 10.1 Å². The number of nitro benzene ring substituents is 1. The predicted octanol–water partition coefficient (Wildman–Crippen LogP) is 4.43. The van der Waals surface area contributed by atoms with Crippen molar-refractivity contribution in [3.8, 4) is 23.0 Å². The highest BCUT2D eigenvalue weighted by molar-refractivity contribution is 6.01. The lowest BCUT2D eigenvalue weighted by Crippen LogP contribution is -2.29. The molecule has 1 aliphatic rings. The summed E-state index contributed by atoms with van der Waals surface area (Å²) in [5.41, 5.74) is 4.60. The van der Waals surface area contributed by atoms with E-state index in [0.29, 0.717) is 41.6 Å². The highest BCUT2D eigenvalue weighted by atomic mass is 16.6. The fourth-order valence-corrected chi connectivity index (χ4v) is 4.35. The zero-order valence-electron chi connectivity index (χ0n) is 20.4. The number of ether oxygens (including phenoxy) is 4. The Bertz CT molecular complexity index is 1270. The van der Waals surface area contributed by atoms with Crippen molar-refractivity contribution in [2.45, 2.75) is 19.4 Å². The quantitative estimate of drug-likeness (QED) is 0.258. The largest absolute Gasteiger partial charge is 0.493 e. The van der Waals surface area contributed by atoms with Gasteiger partial charge < -0.3 is 18.9 Å². The standard InChI is InChI=1S/C27H29N2O6/c1-28-11-10-19-13-24(32-2)25(33-3)15-21(19)23(28)12-20-14-27(26(34-4)16-22(20)29(30)31)35-17-18-8-6-5-7-9-18/h5-9,13-16H,10-12,17H2,1-4H3/q+1. The number of fused-ring (bicyclic) bond motifs is 1. The smallest absolute Gasteiger partial charge is 0.277 e. The average molecular weight is 478 g/mol. The van der Waals surface area contributed by atoms with Crippen LogP contribution < -0.4 is 18.9 Å². The number of methoxy groups -OCH3 is 3. The lowest BCUT2D eigenvalue weighted by Gasteiger charge is -2.20. The molecule has 35 heavy (non-hydrogen) atoms. The van der Waals surface area contributed by atoms with Gasteiger partial charge in [0.15, 0.2) is 28.7 Å². The first-order chi connectivity index (χ1) is 16.9. The number of likely N-dealkylation sites (N-methyl/N-ethyl adjacent to an activating group) is 1. The van der Waals surface area contributed by atoms with Gasteiger partial charge in [-0.15, -0.1) is 0 Å². The van der Waals surface area contributed by atoms with Gasteiger partial charge in [-0.25, -0.2) is 4.58 Å². The van der Waals surface area contributed by atoms with Gasteiger partial charge in [0, 0.05) is 17.5 Å². The van der Waals surface area contributed by atoms with Crippen molar-refractivity contribution in [1.82, 2.24) is 0 Å². The van der Waals surface area contributed by atoms with Crippen molar-refractivity contribution in [2.75, 3.05) is 34.9 Å². The van der Waals surface area contributed by atoms with Crippen molar-refractivity contribution < 1.29 is 28.4 Å². The first-order valence-electron chi connectivity index (χ1n) is 11.3. The van der Waals surface area contributed by atoms with Crippen LogP contribution in [0.15, 0.2) is 54.6 Å². The van der Waals surface area contributed by atoms with E-state index in [1.54, 1.807) is 20.3 Å². The lowest BCUT2D eigenvalue weighted by atomic mass is 9.91. The Morgan fingerprint density at radius 1 is 0.914 bits per heavy atom. The van der Waals surface area contributed by atoms with Crippen molar-refractivity contribution in [1.29, 1.82) is 0 Å². The lowest BCUT2D eigenvalue weighted by molar-refractivity contribution is -0.499. The van der Waals surface area contributed by atoms with Crippen molar-refractivity contribution in [3.63, 3.8) is 0 Å². The predicted molar refractivity (Wildman–Crippen MR) is 133 cm³/mol. The maximum atomic E-state index is 12.0. The molecule has 0 N–H and O–H groups in total. The molecule has 0 atom stereocenters. The molecule has 0 fully saturated rings. The second-order valence-electron chi connectivity index (χ2n) is 8.32. The van der Waals surface area contributed by atoms with E-state index >= 15 is 0 Å². The Balaban J connectivity index is 1.74. The van der Waals surface area contributed by atoms with E-state index in [1.165, 1.54) is 13.2 Å². The summed E-state index contributed by atoms with van der Waals surface area (Å²) in [6.07, 6.45) is 1.19. The molecule has 0 bridgehead atoms. The van der Waals surface area contributed by atoms with Crippen LogP contribution in [-0.2, 0) is 19.4 Å². The number of nitro groups is 1. The molecule has 0 aromatic heterocycles. The number of nitrogens with zero attached hydrogens (tertiary/aromatic N) is 2. The Kier molecular flexibility index (Phi) is 7.19. The minimum Gasteiger partial charge on any atom is -0.493 e. The van der Waals surface area contributed by atoms with Crippen LogP contribution in [0, 0.1) is 10.1 Å². The maximum Gasteiger partial charge on any atom is 0.277 e. The third-order valence-electron chi connectivity index (χ3n) is 6.25. The van der Waals surface area contributed by atoms with Gasteiger partial charge in [-0.2, -0.15) is 0 Å². The molecule has 0 saturated heterocycles. The molecular formula is C27H29N2O6+. The summed E-state index contributed by atoms with van der Waals surface area (Å²) in [4.78, 5) is 11.6.